The highest BCUT2D eigenvalue weighted by atomic mass is 16.2. The molecule has 0 radical (unpaired) electrons. The van der Waals surface area contributed by atoms with Crippen LogP contribution in [0.1, 0.15) is 57.2 Å². The van der Waals surface area contributed by atoms with Crippen LogP contribution in [0, 0.1) is 13.8 Å². The first-order valence-corrected chi connectivity index (χ1v) is 9.58. The molecule has 0 saturated carbocycles. The van der Waals surface area contributed by atoms with Gasteiger partial charge in [0, 0.05) is 23.8 Å². The molecular weight excluding hydrogens is 362 g/mol. The standard InChI is InChI=1S/C24H25N3O2/c1-15(2)18-7-9-21(10-8-18)26-23(28)19-12-20(14-25-13-19)24(29)27-22-11-16(3)5-6-17(22)4/h5-15H,1-4H3,(H,26,28)(H,27,29). The Bertz CT molecular complexity index is 1040. The molecule has 0 unspecified atom stereocenters. The highest BCUT2D eigenvalue weighted by molar-refractivity contribution is 6.08. The molecule has 0 aliphatic heterocycles. The zero-order valence-corrected chi connectivity index (χ0v) is 17.1. The Balaban J connectivity index is 1.73. The van der Waals surface area contributed by atoms with Gasteiger partial charge < -0.3 is 10.6 Å². The summed E-state index contributed by atoms with van der Waals surface area (Å²) in [5, 5.41) is 5.74. The van der Waals surface area contributed by atoms with Gasteiger partial charge >= 0.3 is 0 Å². The lowest BCUT2D eigenvalue weighted by atomic mass is 10.0. The maximum Gasteiger partial charge on any atom is 0.257 e. The monoisotopic (exact) mass is 387 g/mol. The van der Waals surface area contributed by atoms with Crippen LogP contribution in [0.5, 0.6) is 0 Å². The molecule has 0 fully saturated rings. The number of pyridine rings is 1. The van der Waals surface area contributed by atoms with Crippen LogP contribution in [0.3, 0.4) is 0 Å². The van der Waals surface area contributed by atoms with E-state index in [2.05, 4.69) is 29.5 Å². The zero-order chi connectivity index (χ0) is 21.0. The van der Waals surface area contributed by atoms with Crippen LogP contribution >= 0.6 is 0 Å². The highest BCUT2D eigenvalue weighted by Crippen LogP contribution is 2.19. The molecule has 5 nitrogen and oxygen atoms in total. The van der Waals surface area contributed by atoms with Crippen molar-refractivity contribution in [3.05, 3.63) is 88.7 Å². The van der Waals surface area contributed by atoms with E-state index in [0.717, 1.165) is 16.8 Å². The van der Waals surface area contributed by atoms with E-state index in [9.17, 15) is 9.59 Å². The lowest BCUT2D eigenvalue weighted by Crippen LogP contribution is -2.16. The second-order valence-corrected chi connectivity index (χ2v) is 7.47. The topological polar surface area (TPSA) is 71.1 Å². The summed E-state index contributed by atoms with van der Waals surface area (Å²) in [4.78, 5) is 29.3. The first-order valence-electron chi connectivity index (χ1n) is 9.58. The Hall–Kier alpha value is -3.47. The predicted molar refractivity (Wildman–Crippen MR) is 117 cm³/mol. The van der Waals surface area contributed by atoms with E-state index in [-0.39, 0.29) is 11.8 Å². The van der Waals surface area contributed by atoms with Gasteiger partial charge in [-0.3, -0.25) is 14.6 Å². The van der Waals surface area contributed by atoms with Crippen LogP contribution in [0.15, 0.2) is 60.9 Å². The summed E-state index contributed by atoms with van der Waals surface area (Å²) < 4.78 is 0. The number of benzene rings is 2. The molecule has 3 rings (SSSR count). The quantitative estimate of drug-likeness (QED) is 0.622. The van der Waals surface area contributed by atoms with Crippen LogP contribution in [0.25, 0.3) is 0 Å². The fourth-order valence-corrected chi connectivity index (χ4v) is 2.91. The fraction of sp³-hybridized carbons (Fsp3) is 0.208. The van der Waals surface area contributed by atoms with Crippen LogP contribution in [0.4, 0.5) is 11.4 Å². The molecule has 2 amide bonds. The third-order valence-electron chi connectivity index (χ3n) is 4.74. The molecule has 2 N–H and O–H groups in total. The molecule has 0 aliphatic rings. The number of hydrogen-bond acceptors (Lipinski definition) is 3. The van der Waals surface area contributed by atoms with Gasteiger partial charge in [0.25, 0.3) is 11.8 Å². The fourth-order valence-electron chi connectivity index (χ4n) is 2.91. The zero-order valence-electron chi connectivity index (χ0n) is 17.1. The lowest BCUT2D eigenvalue weighted by molar-refractivity contribution is 0.102. The van der Waals surface area contributed by atoms with Crippen LogP contribution < -0.4 is 10.6 Å². The number of amides is 2. The summed E-state index contributed by atoms with van der Waals surface area (Å²) >= 11 is 0. The van der Waals surface area contributed by atoms with E-state index >= 15 is 0 Å². The van der Waals surface area contributed by atoms with Gasteiger partial charge in [-0.15, -0.1) is 0 Å². The van der Waals surface area contributed by atoms with E-state index in [1.807, 2.05) is 56.3 Å². The normalized spacial score (nSPS) is 10.7. The number of nitrogens with zero attached hydrogens (tertiary/aromatic N) is 1. The van der Waals surface area contributed by atoms with E-state index in [1.54, 1.807) is 6.07 Å². The van der Waals surface area contributed by atoms with E-state index in [1.165, 1.54) is 18.0 Å². The number of anilines is 2. The van der Waals surface area contributed by atoms with Crippen molar-refractivity contribution in [1.82, 2.24) is 4.98 Å². The minimum absolute atomic E-state index is 0.304. The summed E-state index contributed by atoms with van der Waals surface area (Å²) in [5.41, 5.74) is 5.33. The summed E-state index contributed by atoms with van der Waals surface area (Å²) in [6.45, 7) is 8.14. The van der Waals surface area contributed by atoms with Crippen molar-refractivity contribution in [3.8, 4) is 0 Å². The van der Waals surface area contributed by atoms with E-state index in [0.29, 0.717) is 22.7 Å². The Labute approximate surface area is 171 Å². The Morgan fingerprint density at radius 2 is 1.45 bits per heavy atom. The summed E-state index contributed by atoms with van der Waals surface area (Å²) in [6, 6.07) is 15.1. The van der Waals surface area contributed by atoms with Crippen LogP contribution in [-0.4, -0.2) is 16.8 Å². The van der Waals surface area contributed by atoms with Gasteiger partial charge in [-0.05, 0) is 60.7 Å². The molecule has 2 aromatic carbocycles. The van der Waals surface area contributed by atoms with Crippen molar-refractivity contribution < 1.29 is 9.59 Å². The molecular formula is C24H25N3O2. The second-order valence-electron chi connectivity index (χ2n) is 7.47. The molecule has 0 bridgehead atoms. The molecule has 1 heterocycles. The van der Waals surface area contributed by atoms with Gasteiger partial charge in [-0.25, -0.2) is 0 Å². The predicted octanol–water partition coefficient (Wildman–Crippen LogP) is 5.33. The number of carbonyl (C=O) groups excluding carboxylic acids is 2. The van der Waals surface area contributed by atoms with Crippen molar-refractivity contribution in [1.29, 1.82) is 0 Å². The molecule has 5 heteroatoms. The van der Waals surface area contributed by atoms with Crippen molar-refractivity contribution in [2.45, 2.75) is 33.6 Å². The minimum Gasteiger partial charge on any atom is -0.322 e. The maximum absolute atomic E-state index is 12.6. The minimum atomic E-state index is -0.309. The summed E-state index contributed by atoms with van der Waals surface area (Å²) in [5.74, 6) is -0.186. The maximum atomic E-state index is 12.6. The van der Waals surface area contributed by atoms with Crippen molar-refractivity contribution in [3.63, 3.8) is 0 Å². The van der Waals surface area contributed by atoms with Crippen molar-refractivity contribution >= 4 is 23.2 Å². The summed E-state index contributed by atoms with van der Waals surface area (Å²) in [6.07, 6.45) is 2.90. The summed E-state index contributed by atoms with van der Waals surface area (Å²) in [7, 11) is 0. The Morgan fingerprint density at radius 3 is 2.07 bits per heavy atom. The first kappa shape index (κ1) is 20.3. The lowest BCUT2D eigenvalue weighted by Gasteiger charge is -2.11. The third kappa shape index (κ3) is 5.08. The molecule has 0 aliphatic carbocycles. The van der Waals surface area contributed by atoms with Crippen LogP contribution in [0.2, 0.25) is 0 Å². The number of rotatable bonds is 5. The Morgan fingerprint density at radius 1 is 0.828 bits per heavy atom. The molecule has 0 saturated heterocycles. The number of carbonyl (C=O) groups is 2. The first-order chi connectivity index (χ1) is 13.8. The molecule has 0 atom stereocenters. The average molecular weight is 387 g/mol. The van der Waals surface area contributed by atoms with E-state index in [4.69, 9.17) is 0 Å². The number of nitrogens with one attached hydrogen (secondary N) is 2. The molecule has 148 valence electrons. The number of hydrogen-bond donors (Lipinski definition) is 2. The van der Waals surface area contributed by atoms with E-state index < -0.39 is 0 Å². The molecule has 0 spiro atoms. The van der Waals surface area contributed by atoms with Gasteiger partial charge in [0.15, 0.2) is 0 Å². The SMILES string of the molecule is Cc1ccc(C)c(NC(=O)c2cncc(C(=O)Nc3ccc(C(C)C)cc3)c2)c1. The molecule has 1 aromatic heterocycles. The largest absolute Gasteiger partial charge is 0.322 e. The molecule has 29 heavy (non-hydrogen) atoms. The highest BCUT2D eigenvalue weighted by Gasteiger charge is 2.13. The molecule has 3 aromatic rings. The van der Waals surface area contributed by atoms with Gasteiger partial charge in [0.2, 0.25) is 0 Å². The van der Waals surface area contributed by atoms with Gasteiger partial charge in [-0.2, -0.15) is 0 Å². The van der Waals surface area contributed by atoms with Crippen LogP contribution in [-0.2, 0) is 0 Å². The smallest absolute Gasteiger partial charge is 0.257 e. The van der Waals surface area contributed by atoms with Crippen molar-refractivity contribution in [2.24, 2.45) is 0 Å². The number of aryl methyl sites for hydroxylation is 2. The second kappa shape index (κ2) is 8.69. The van der Waals surface area contributed by atoms with Gasteiger partial charge in [-0.1, -0.05) is 38.1 Å². The number of aromatic nitrogens is 1. The average Bonchev–Trinajstić information content (AvgIpc) is 2.71. The third-order valence-corrected chi connectivity index (χ3v) is 4.74. The van der Waals surface area contributed by atoms with Gasteiger partial charge in [0.1, 0.15) is 0 Å². The Kier molecular flexibility index (Phi) is 6.07. The van der Waals surface area contributed by atoms with Crippen molar-refractivity contribution in [2.75, 3.05) is 10.6 Å². The van der Waals surface area contributed by atoms with Gasteiger partial charge in [0.05, 0.1) is 11.1 Å².